The molecule has 0 bridgehead atoms. The van der Waals surface area contributed by atoms with Gasteiger partial charge >= 0.3 is 6.09 Å². The molecule has 0 radical (unpaired) electrons. The van der Waals surface area contributed by atoms with Crippen LogP contribution in [0.5, 0.6) is 0 Å². The lowest BCUT2D eigenvalue weighted by Gasteiger charge is -2.27. The number of benzene rings is 3. The van der Waals surface area contributed by atoms with Crippen LogP contribution in [0.15, 0.2) is 79.0 Å². The summed E-state index contributed by atoms with van der Waals surface area (Å²) in [6.07, 6.45) is 2.05. The molecule has 8 heteroatoms. The van der Waals surface area contributed by atoms with Gasteiger partial charge in [-0.2, -0.15) is 5.10 Å². The highest BCUT2D eigenvalue weighted by Gasteiger charge is 2.40. The number of halogens is 1. The Labute approximate surface area is 202 Å². The Morgan fingerprint density at radius 2 is 1.83 bits per heavy atom. The molecule has 1 aliphatic heterocycles. The average Bonchev–Trinajstić information content (AvgIpc) is 3.43. The van der Waals surface area contributed by atoms with Crippen molar-refractivity contribution >= 4 is 28.6 Å². The number of aromatic nitrogens is 2. The lowest BCUT2D eigenvalue weighted by Crippen LogP contribution is -2.45. The zero-order valence-corrected chi connectivity index (χ0v) is 19.2. The molecular formula is C27H25FN4O3. The minimum absolute atomic E-state index is 0.0597. The maximum Gasteiger partial charge on any atom is 0.407 e. The topological polar surface area (TPSA) is 76.5 Å². The summed E-state index contributed by atoms with van der Waals surface area (Å²) in [6, 6.07) is 20.7. The summed E-state index contributed by atoms with van der Waals surface area (Å²) in [5, 5.41) is 8.17. The van der Waals surface area contributed by atoms with E-state index in [2.05, 4.69) is 10.4 Å². The summed E-state index contributed by atoms with van der Waals surface area (Å²) in [5.74, 6) is -0.367. The van der Waals surface area contributed by atoms with Crippen LogP contribution in [0.4, 0.5) is 14.9 Å². The molecule has 1 fully saturated rings. The Balaban J connectivity index is 1.32. The van der Waals surface area contributed by atoms with Gasteiger partial charge in [-0.3, -0.25) is 4.79 Å². The van der Waals surface area contributed by atoms with Gasteiger partial charge in [0.15, 0.2) is 0 Å². The third-order valence-corrected chi connectivity index (χ3v) is 6.29. The molecule has 2 amide bonds. The highest BCUT2D eigenvalue weighted by molar-refractivity contribution is 5.99. The minimum Gasteiger partial charge on any atom is -0.445 e. The fourth-order valence-electron chi connectivity index (χ4n) is 4.61. The summed E-state index contributed by atoms with van der Waals surface area (Å²) < 4.78 is 20.4. The van der Waals surface area contributed by atoms with E-state index in [0.717, 1.165) is 27.8 Å². The molecule has 0 aliphatic carbocycles. The molecule has 1 saturated heterocycles. The number of ether oxygens (including phenoxy) is 1. The van der Waals surface area contributed by atoms with Gasteiger partial charge in [0.25, 0.3) is 0 Å². The number of amides is 2. The first-order valence-electron chi connectivity index (χ1n) is 11.6. The van der Waals surface area contributed by atoms with Crippen LogP contribution in [-0.2, 0) is 16.1 Å². The molecule has 0 saturated carbocycles. The molecule has 1 aliphatic rings. The molecule has 1 aromatic heterocycles. The van der Waals surface area contributed by atoms with Crippen LogP contribution in [0.25, 0.3) is 16.6 Å². The number of nitrogens with zero attached hydrogens (tertiary/aromatic N) is 3. The fraction of sp³-hybridized carbons (Fsp3) is 0.222. The molecule has 7 nitrogen and oxygen atoms in total. The van der Waals surface area contributed by atoms with Crippen molar-refractivity contribution in [2.24, 2.45) is 0 Å². The monoisotopic (exact) mass is 472 g/mol. The van der Waals surface area contributed by atoms with E-state index < -0.39 is 6.09 Å². The molecule has 4 aromatic rings. The van der Waals surface area contributed by atoms with Crippen molar-refractivity contribution in [1.29, 1.82) is 0 Å². The van der Waals surface area contributed by atoms with Gasteiger partial charge in [0.1, 0.15) is 12.4 Å². The van der Waals surface area contributed by atoms with E-state index in [-0.39, 0.29) is 36.8 Å². The summed E-state index contributed by atoms with van der Waals surface area (Å²) in [5.41, 5.74) is 3.23. The summed E-state index contributed by atoms with van der Waals surface area (Å²) in [4.78, 5) is 27.2. The summed E-state index contributed by atoms with van der Waals surface area (Å²) in [6.45, 7) is 2.16. The molecule has 5 rings (SSSR count). The SMILES string of the molecule is CC[C@@H]1[C@H](NC(=O)OCc2ccccc2)CC(=O)N1c1ccc2c(cnn2-c2ccc(F)cc2)c1. The van der Waals surface area contributed by atoms with Crippen LogP contribution in [0.3, 0.4) is 0 Å². The number of nitrogens with one attached hydrogen (secondary N) is 1. The number of carbonyl (C=O) groups is 2. The third-order valence-electron chi connectivity index (χ3n) is 6.29. The van der Waals surface area contributed by atoms with E-state index in [1.165, 1.54) is 12.1 Å². The standard InChI is InChI=1S/C27H25FN4O3/c1-2-24-23(30-27(34)35-17-18-6-4-3-5-7-18)15-26(33)31(24)22-12-13-25-19(14-22)16-29-32(25)21-10-8-20(28)9-11-21/h3-14,16,23-24H,2,15,17H2,1H3,(H,30,34)/t23-,24-/m1/s1. The average molecular weight is 473 g/mol. The van der Waals surface area contributed by atoms with E-state index in [9.17, 15) is 14.0 Å². The normalized spacial score (nSPS) is 17.7. The van der Waals surface area contributed by atoms with E-state index in [1.807, 2.05) is 55.5 Å². The van der Waals surface area contributed by atoms with E-state index in [1.54, 1.807) is 27.9 Å². The molecule has 178 valence electrons. The number of hydrogen-bond donors (Lipinski definition) is 1. The fourth-order valence-corrected chi connectivity index (χ4v) is 4.61. The Hall–Kier alpha value is -4.20. The molecule has 0 unspecified atom stereocenters. The van der Waals surface area contributed by atoms with Crippen molar-refractivity contribution < 1.29 is 18.7 Å². The van der Waals surface area contributed by atoms with Crippen molar-refractivity contribution in [1.82, 2.24) is 15.1 Å². The molecule has 3 aromatic carbocycles. The number of alkyl carbamates (subject to hydrolysis) is 1. The first-order chi connectivity index (χ1) is 17.0. The third kappa shape index (κ3) is 4.59. The predicted octanol–water partition coefficient (Wildman–Crippen LogP) is 4.97. The first-order valence-corrected chi connectivity index (χ1v) is 11.6. The highest BCUT2D eigenvalue weighted by atomic mass is 19.1. The number of rotatable bonds is 6. The van der Waals surface area contributed by atoms with Gasteiger partial charge < -0.3 is 15.0 Å². The van der Waals surface area contributed by atoms with E-state index in [4.69, 9.17) is 4.74 Å². The quantitative estimate of drug-likeness (QED) is 0.430. The van der Waals surface area contributed by atoms with Crippen molar-refractivity contribution in [3.8, 4) is 5.69 Å². The maximum atomic E-state index is 13.3. The van der Waals surface area contributed by atoms with Gasteiger partial charge in [-0.05, 0) is 54.4 Å². The van der Waals surface area contributed by atoms with Crippen LogP contribution < -0.4 is 10.2 Å². The number of fused-ring (bicyclic) bond motifs is 1. The van der Waals surface area contributed by atoms with Gasteiger partial charge in [-0.15, -0.1) is 0 Å². The first kappa shape index (κ1) is 22.6. The minimum atomic E-state index is -0.539. The smallest absolute Gasteiger partial charge is 0.407 e. The van der Waals surface area contributed by atoms with Gasteiger partial charge in [0.2, 0.25) is 5.91 Å². The van der Waals surface area contributed by atoms with Gasteiger partial charge in [-0.25, -0.2) is 13.9 Å². The van der Waals surface area contributed by atoms with Crippen LogP contribution >= 0.6 is 0 Å². The second kappa shape index (κ2) is 9.58. The Morgan fingerprint density at radius 1 is 1.09 bits per heavy atom. The van der Waals surface area contributed by atoms with Crippen molar-refractivity contribution in [2.75, 3.05) is 4.90 Å². The maximum absolute atomic E-state index is 13.3. The van der Waals surface area contributed by atoms with Crippen LogP contribution in [0.2, 0.25) is 0 Å². The lowest BCUT2D eigenvalue weighted by molar-refractivity contribution is -0.117. The summed E-state index contributed by atoms with van der Waals surface area (Å²) >= 11 is 0. The Kier molecular flexibility index (Phi) is 6.18. The lowest BCUT2D eigenvalue weighted by atomic mass is 10.1. The molecular weight excluding hydrogens is 447 g/mol. The second-order valence-electron chi connectivity index (χ2n) is 8.53. The molecule has 1 N–H and O–H groups in total. The number of carbonyl (C=O) groups excluding carboxylic acids is 2. The van der Waals surface area contributed by atoms with Crippen LogP contribution in [0, 0.1) is 5.82 Å². The number of hydrogen-bond acceptors (Lipinski definition) is 4. The Morgan fingerprint density at radius 3 is 2.57 bits per heavy atom. The summed E-state index contributed by atoms with van der Waals surface area (Å²) in [7, 11) is 0. The van der Waals surface area contributed by atoms with Crippen molar-refractivity contribution in [3.63, 3.8) is 0 Å². The van der Waals surface area contributed by atoms with Crippen molar-refractivity contribution in [2.45, 2.75) is 38.5 Å². The van der Waals surface area contributed by atoms with Crippen molar-refractivity contribution in [3.05, 3.63) is 90.4 Å². The molecule has 0 spiro atoms. The highest BCUT2D eigenvalue weighted by Crippen LogP contribution is 2.32. The molecule has 35 heavy (non-hydrogen) atoms. The van der Waals surface area contributed by atoms with Gasteiger partial charge in [0, 0.05) is 17.5 Å². The number of anilines is 1. The molecule has 2 atom stereocenters. The second-order valence-corrected chi connectivity index (χ2v) is 8.53. The zero-order valence-electron chi connectivity index (χ0n) is 19.2. The molecule has 2 heterocycles. The van der Waals surface area contributed by atoms with Crippen LogP contribution in [-0.4, -0.2) is 33.9 Å². The van der Waals surface area contributed by atoms with E-state index in [0.29, 0.717) is 6.42 Å². The largest absolute Gasteiger partial charge is 0.445 e. The van der Waals surface area contributed by atoms with Crippen LogP contribution in [0.1, 0.15) is 25.3 Å². The zero-order chi connectivity index (χ0) is 24.4. The van der Waals surface area contributed by atoms with E-state index >= 15 is 0 Å². The van der Waals surface area contributed by atoms with Gasteiger partial charge in [0.05, 0.1) is 29.5 Å². The van der Waals surface area contributed by atoms with Gasteiger partial charge in [-0.1, -0.05) is 37.3 Å². The Bertz CT molecular complexity index is 1350. The predicted molar refractivity (Wildman–Crippen MR) is 131 cm³/mol.